The molecule has 258 valence electrons. The third-order valence-corrected chi connectivity index (χ3v) is 9.50. The van der Waals surface area contributed by atoms with Crippen molar-refractivity contribution in [2.24, 2.45) is 11.3 Å². The van der Waals surface area contributed by atoms with Gasteiger partial charge in [-0.15, -0.1) is 37.3 Å². The molecule has 0 spiro atoms. The Bertz CT molecular complexity index is 1550. The van der Waals surface area contributed by atoms with E-state index in [2.05, 4.69) is 141 Å². The molecule has 3 aromatic carbocycles. The van der Waals surface area contributed by atoms with Gasteiger partial charge in [-0.05, 0) is 70.2 Å². The molecule has 3 heteroatoms. The van der Waals surface area contributed by atoms with Gasteiger partial charge in [0.05, 0.1) is 0 Å². The van der Waals surface area contributed by atoms with Gasteiger partial charge in [-0.2, -0.15) is 53.6 Å². The number of benzene rings is 3. The van der Waals surface area contributed by atoms with Gasteiger partial charge in [-0.1, -0.05) is 102 Å². The molecule has 0 saturated heterocycles. The normalized spacial score (nSPS) is 17.9. The van der Waals surface area contributed by atoms with E-state index in [0.717, 1.165) is 12.8 Å². The summed E-state index contributed by atoms with van der Waals surface area (Å²) in [7, 11) is 0. The zero-order valence-electron chi connectivity index (χ0n) is 31.1. The van der Waals surface area contributed by atoms with Gasteiger partial charge in [0, 0.05) is 0 Å². The van der Waals surface area contributed by atoms with Crippen LogP contribution in [0, 0.1) is 37.3 Å². The molecule has 0 heterocycles. The van der Waals surface area contributed by atoms with E-state index in [0.29, 0.717) is 11.3 Å². The third kappa shape index (κ3) is 9.74. The molecule has 0 nitrogen and oxygen atoms in total. The predicted octanol–water partition coefficient (Wildman–Crippen LogP) is 13.0. The van der Waals surface area contributed by atoms with E-state index in [4.69, 9.17) is 0 Å². The molecular weight excluding hydrogens is 703 g/mol. The second kappa shape index (κ2) is 17.7. The first-order valence-corrected chi connectivity index (χ1v) is 18.0. The summed E-state index contributed by atoms with van der Waals surface area (Å²) in [5, 5.41) is 0. The van der Waals surface area contributed by atoms with Crippen LogP contribution in [0.15, 0.2) is 84.5 Å². The first-order valence-electron chi connectivity index (χ1n) is 16.3. The molecule has 0 radical (unpaired) electrons. The summed E-state index contributed by atoms with van der Waals surface area (Å²) in [6.07, 6.45) is 16.9. The fraction of sp³-hybridized carbons (Fsp3) is 0.356. The van der Waals surface area contributed by atoms with Gasteiger partial charge >= 0.3 is 28.4 Å². The maximum atomic E-state index is 3.34. The summed E-state index contributed by atoms with van der Waals surface area (Å²) in [4.78, 5) is 0. The average Bonchev–Trinajstić information content (AvgIpc) is 3.62. The average molecular weight is 759 g/mol. The molecule has 0 amide bonds. The van der Waals surface area contributed by atoms with Crippen LogP contribution < -0.4 is 0 Å². The number of hydrogen-bond acceptors (Lipinski definition) is 0. The second-order valence-electron chi connectivity index (χ2n) is 15.0. The van der Waals surface area contributed by atoms with E-state index >= 15 is 0 Å². The maximum absolute atomic E-state index is 3.34. The van der Waals surface area contributed by atoms with Crippen molar-refractivity contribution in [1.82, 2.24) is 0 Å². The van der Waals surface area contributed by atoms with Crippen LogP contribution in [0.5, 0.6) is 0 Å². The van der Waals surface area contributed by atoms with Crippen LogP contribution in [0.2, 0.25) is 0 Å². The number of rotatable bonds is 0. The Morgan fingerprint density at radius 2 is 1.35 bits per heavy atom. The molecule has 0 saturated carbocycles. The Balaban J connectivity index is 0.000000457. The number of allylic oxidation sites excluding steroid dienone is 8. The van der Waals surface area contributed by atoms with Crippen molar-refractivity contribution in [2.45, 2.75) is 92.9 Å². The van der Waals surface area contributed by atoms with E-state index in [9.17, 15) is 0 Å². The molecule has 48 heavy (non-hydrogen) atoms. The topological polar surface area (TPSA) is 0 Å². The standard InChI is InChI=1S/C27H29.C10H15.C6H5.CH3.CH2.2ClH.Zr/c1-16-7-9-26(3,4)24-12-18-11-19-13-25-21(17(2)8-10-27(25,5)6)15-23(19)22(18)14-20(16)24;1-8-5-6-9(7-8)10(2,3)4;1-2-4-6-5-3-1;;;;;/h7-9,12-15H,10-11H2,1-6H3;6-8H,1-4H3;1-5H;1H3;1H2;2*1H;/q4*-1;;;;. The molecule has 0 aliphatic heterocycles. The Morgan fingerprint density at radius 3 is 1.79 bits per heavy atom. The third-order valence-electron chi connectivity index (χ3n) is 9.50. The Hall–Kier alpha value is -2.18. The van der Waals surface area contributed by atoms with Crippen molar-refractivity contribution in [2.75, 3.05) is 0 Å². The van der Waals surface area contributed by atoms with E-state index in [1.807, 2.05) is 30.3 Å². The summed E-state index contributed by atoms with van der Waals surface area (Å²) in [6, 6.07) is 22.5. The van der Waals surface area contributed by atoms with Gasteiger partial charge in [-0.3, -0.25) is 6.08 Å². The van der Waals surface area contributed by atoms with Gasteiger partial charge in [0.15, 0.2) is 0 Å². The van der Waals surface area contributed by atoms with Crippen LogP contribution in [0.25, 0.3) is 22.3 Å². The summed E-state index contributed by atoms with van der Waals surface area (Å²) in [5.41, 5.74) is 16.7. The Morgan fingerprint density at radius 1 is 0.812 bits per heavy atom. The predicted molar refractivity (Wildman–Crippen MR) is 215 cm³/mol. The molecule has 0 aromatic heterocycles. The summed E-state index contributed by atoms with van der Waals surface area (Å²) in [5.74, 6) is 0.522. The van der Waals surface area contributed by atoms with Crippen LogP contribution in [-0.4, -0.2) is 4.21 Å². The van der Waals surface area contributed by atoms with Crippen LogP contribution in [0.4, 0.5) is 0 Å². The molecule has 7 rings (SSSR count). The van der Waals surface area contributed by atoms with Gasteiger partial charge in [0.25, 0.3) is 0 Å². The fourth-order valence-corrected chi connectivity index (χ4v) is 6.57. The van der Waals surface area contributed by atoms with Gasteiger partial charge in [-0.25, -0.2) is 18.6 Å². The zero-order valence-corrected chi connectivity index (χ0v) is 35.2. The number of fused-ring (bicyclic) bond motifs is 5. The van der Waals surface area contributed by atoms with Crippen LogP contribution in [0.3, 0.4) is 0 Å². The minimum Gasteiger partial charge on any atom is -0.358 e. The minimum absolute atomic E-state index is 0. The molecule has 4 aliphatic rings. The van der Waals surface area contributed by atoms with Crippen molar-refractivity contribution in [3.63, 3.8) is 0 Å². The maximum Gasteiger partial charge on any atom is -0.171 e. The number of halogens is 2. The molecule has 0 bridgehead atoms. The van der Waals surface area contributed by atoms with Crippen LogP contribution in [0.1, 0.15) is 109 Å². The van der Waals surface area contributed by atoms with Crippen molar-refractivity contribution in [3.05, 3.63) is 144 Å². The zero-order chi connectivity index (χ0) is 33.2. The second-order valence-corrected chi connectivity index (χ2v) is 15.0. The van der Waals surface area contributed by atoms with Crippen LogP contribution >= 0.6 is 24.8 Å². The fourth-order valence-electron chi connectivity index (χ4n) is 6.57. The van der Waals surface area contributed by atoms with E-state index < -0.39 is 0 Å². The summed E-state index contributed by atoms with van der Waals surface area (Å²) < 4.78 is 3.34. The Kier molecular flexibility index (Phi) is 16.1. The molecule has 0 N–H and O–H groups in total. The van der Waals surface area contributed by atoms with E-state index in [1.165, 1.54) is 85.5 Å². The largest absolute Gasteiger partial charge is 0.358 e. The number of hydrogen-bond donors (Lipinski definition) is 0. The summed E-state index contributed by atoms with van der Waals surface area (Å²) in [6.45, 7) is 22.8. The Labute approximate surface area is 321 Å². The smallest absolute Gasteiger partial charge is 0.171 e. The molecule has 3 aromatic rings. The van der Waals surface area contributed by atoms with Gasteiger partial charge in [0.2, 0.25) is 0 Å². The first kappa shape index (κ1) is 43.8. The first-order chi connectivity index (χ1) is 21.2. The van der Waals surface area contributed by atoms with Gasteiger partial charge < -0.3 is 7.43 Å². The van der Waals surface area contributed by atoms with Crippen molar-refractivity contribution in [1.29, 1.82) is 0 Å². The van der Waals surface area contributed by atoms with Crippen molar-refractivity contribution >= 4 is 40.2 Å². The molecule has 0 fully saturated rings. The van der Waals surface area contributed by atoms with Crippen molar-refractivity contribution < 1.29 is 24.2 Å². The van der Waals surface area contributed by atoms with Gasteiger partial charge in [0.1, 0.15) is 0 Å². The minimum atomic E-state index is 0. The SMILES string of the molecule is CC1=C[CH-]C(C)(C)c2cc3c(cc21)-c1cc2c(cc1C3)C(C)(C)CC=C2C.CC1[C-]=CC(C(C)(C)C)=C1.Cl.Cl.[CH2]=[Zr].[CH3-].[c-]1ccccc1. The molecular formula is C45H56Cl2Zr-4. The molecule has 1 unspecified atom stereocenters. The quantitative estimate of drug-likeness (QED) is 0.157. The van der Waals surface area contributed by atoms with Crippen molar-refractivity contribution in [3.8, 4) is 11.1 Å². The summed E-state index contributed by atoms with van der Waals surface area (Å²) >= 11 is 1.30. The van der Waals surface area contributed by atoms with E-state index in [1.54, 1.807) is 0 Å². The van der Waals surface area contributed by atoms with E-state index in [-0.39, 0.29) is 43.1 Å². The molecule has 4 aliphatic carbocycles. The molecule has 1 atom stereocenters. The van der Waals surface area contributed by atoms with Crippen LogP contribution in [-0.2, 0) is 41.5 Å². The monoisotopic (exact) mass is 756 g/mol.